The van der Waals surface area contributed by atoms with Crippen LogP contribution in [-0.2, 0) is 29.0 Å². The third kappa shape index (κ3) is 7.31. The molecule has 1 N–H and O–H groups in total. The normalized spacial score (nSPS) is 11.8. The molecule has 0 unspecified atom stereocenters. The van der Waals surface area contributed by atoms with Crippen LogP contribution in [0.15, 0.2) is 84.9 Å². The standard InChI is InChI=1S/C29H34N2O2/c1-22(2)30-29(33)27(20-25-15-8-5-9-16-25)31(21-26-17-11-10-12-23(26)3)28(32)19-18-24-13-6-4-7-14-24/h4-17,22,27H,18-21H2,1-3H3,(H,30,33)/t27-/m1/s1. The van der Waals surface area contributed by atoms with Crippen LogP contribution in [0.1, 0.15) is 42.5 Å². The first-order chi connectivity index (χ1) is 15.9. The number of amides is 2. The quantitative estimate of drug-likeness (QED) is 0.475. The van der Waals surface area contributed by atoms with Crippen molar-refractivity contribution in [3.63, 3.8) is 0 Å². The minimum absolute atomic E-state index is 0.00416. The molecule has 0 aliphatic carbocycles. The Morgan fingerprint density at radius 2 is 1.39 bits per heavy atom. The molecule has 0 radical (unpaired) electrons. The maximum absolute atomic E-state index is 13.6. The Balaban J connectivity index is 1.91. The third-order valence-corrected chi connectivity index (χ3v) is 5.77. The summed E-state index contributed by atoms with van der Waals surface area (Å²) in [5.74, 6) is -0.127. The van der Waals surface area contributed by atoms with Crippen molar-refractivity contribution in [2.45, 2.75) is 58.7 Å². The fraction of sp³-hybridized carbons (Fsp3) is 0.310. The van der Waals surface area contributed by atoms with E-state index < -0.39 is 6.04 Å². The molecule has 0 bridgehead atoms. The maximum Gasteiger partial charge on any atom is 0.243 e. The van der Waals surface area contributed by atoms with E-state index in [4.69, 9.17) is 0 Å². The number of hydrogen-bond donors (Lipinski definition) is 1. The molecule has 33 heavy (non-hydrogen) atoms. The fourth-order valence-corrected chi connectivity index (χ4v) is 3.95. The highest BCUT2D eigenvalue weighted by Crippen LogP contribution is 2.19. The van der Waals surface area contributed by atoms with Crippen molar-refractivity contribution in [2.24, 2.45) is 0 Å². The molecule has 0 aromatic heterocycles. The zero-order valence-electron chi connectivity index (χ0n) is 19.8. The molecule has 0 spiro atoms. The van der Waals surface area contributed by atoms with Gasteiger partial charge in [0.2, 0.25) is 11.8 Å². The molecule has 3 aromatic carbocycles. The summed E-state index contributed by atoms with van der Waals surface area (Å²) < 4.78 is 0. The minimum Gasteiger partial charge on any atom is -0.352 e. The minimum atomic E-state index is -0.585. The van der Waals surface area contributed by atoms with Gasteiger partial charge in [0.15, 0.2) is 0 Å². The SMILES string of the molecule is Cc1ccccc1CN(C(=O)CCc1ccccc1)[C@H](Cc1ccccc1)C(=O)NC(C)C. The average molecular weight is 443 g/mol. The lowest BCUT2D eigenvalue weighted by Crippen LogP contribution is -2.51. The van der Waals surface area contributed by atoms with Crippen LogP contribution in [0, 0.1) is 6.92 Å². The van der Waals surface area contributed by atoms with E-state index in [0.29, 0.717) is 25.8 Å². The van der Waals surface area contributed by atoms with Gasteiger partial charge in [-0.15, -0.1) is 0 Å². The summed E-state index contributed by atoms with van der Waals surface area (Å²) in [6, 6.07) is 27.4. The van der Waals surface area contributed by atoms with Gasteiger partial charge < -0.3 is 10.2 Å². The van der Waals surface area contributed by atoms with Crippen LogP contribution in [0.5, 0.6) is 0 Å². The van der Waals surface area contributed by atoms with Crippen LogP contribution < -0.4 is 5.32 Å². The summed E-state index contributed by atoms with van der Waals surface area (Å²) >= 11 is 0. The van der Waals surface area contributed by atoms with E-state index in [1.165, 1.54) is 0 Å². The van der Waals surface area contributed by atoms with Crippen LogP contribution in [-0.4, -0.2) is 28.8 Å². The van der Waals surface area contributed by atoms with Gasteiger partial charge in [-0.3, -0.25) is 9.59 Å². The van der Waals surface area contributed by atoms with E-state index in [-0.39, 0.29) is 17.9 Å². The second-order valence-corrected chi connectivity index (χ2v) is 8.80. The van der Waals surface area contributed by atoms with Gasteiger partial charge in [-0.1, -0.05) is 84.9 Å². The number of nitrogens with zero attached hydrogens (tertiary/aromatic N) is 1. The van der Waals surface area contributed by atoms with E-state index in [1.54, 1.807) is 4.90 Å². The number of rotatable bonds is 10. The molecular weight excluding hydrogens is 408 g/mol. The van der Waals surface area contributed by atoms with Crippen LogP contribution >= 0.6 is 0 Å². The monoisotopic (exact) mass is 442 g/mol. The Kier molecular flexibility index (Phi) is 8.82. The molecule has 0 aliphatic rings. The smallest absolute Gasteiger partial charge is 0.243 e. The number of carbonyl (C=O) groups excluding carboxylic acids is 2. The number of carbonyl (C=O) groups is 2. The topological polar surface area (TPSA) is 49.4 Å². The van der Waals surface area contributed by atoms with Crippen molar-refractivity contribution < 1.29 is 9.59 Å². The van der Waals surface area contributed by atoms with Crippen molar-refractivity contribution in [2.75, 3.05) is 0 Å². The molecule has 3 aromatic rings. The van der Waals surface area contributed by atoms with E-state index in [1.807, 2.05) is 106 Å². The van der Waals surface area contributed by atoms with Gasteiger partial charge in [-0.2, -0.15) is 0 Å². The van der Waals surface area contributed by atoms with Gasteiger partial charge in [-0.05, 0) is 49.4 Å². The van der Waals surface area contributed by atoms with Crippen molar-refractivity contribution in [1.82, 2.24) is 10.2 Å². The Labute approximate surface area is 197 Å². The van der Waals surface area contributed by atoms with Gasteiger partial charge >= 0.3 is 0 Å². The van der Waals surface area contributed by atoms with Crippen LogP contribution in [0.25, 0.3) is 0 Å². The van der Waals surface area contributed by atoms with Crippen LogP contribution in [0.4, 0.5) is 0 Å². The van der Waals surface area contributed by atoms with E-state index in [9.17, 15) is 9.59 Å². The van der Waals surface area contributed by atoms with Gasteiger partial charge in [0.05, 0.1) is 0 Å². The van der Waals surface area contributed by atoms with Crippen molar-refractivity contribution in [3.8, 4) is 0 Å². The number of benzene rings is 3. The van der Waals surface area contributed by atoms with E-state index in [2.05, 4.69) is 5.32 Å². The average Bonchev–Trinajstić information content (AvgIpc) is 2.81. The number of hydrogen-bond acceptors (Lipinski definition) is 2. The summed E-state index contributed by atoms with van der Waals surface area (Å²) in [6.07, 6.45) is 1.48. The molecule has 1 atom stereocenters. The summed E-state index contributed by atoms with van der Waals surface area (Å²) in [7, 11) is 0. The largest absolute Gasteiger partial charge is 0.352 e. The Morgan fingerprint density at radius 3 is 2.00 bits per heavy atom. The Bertz CT molecular complexity index is 1030. The fourth-order valence-electron chi connectivity index (χ4n) is 3.95. The van der Waals surface area contributed by atoms with E-state index >= 15 is 0 Å². The molecule has 4 heteroatoms. The molecule has 0 heterocycles. The first kappa shape index (κ1) is 24.2. The highest BCUT2D eigenvalue weighted by atomic mass is 16.2. The van der Waals surface area contributed by atoms with Gasteiger partial charge in [0.1, 0.15) is 6.04 Å². The van der Waals surface area contributed by atoms with Crippen molar-refractivity contribution in [1.29, 1.82) is 0 Å². The lowest BCUT2D eigenvalue weighted by molar-refractivity contribution is -0.141. The maximum atomic E-state index is 13.6. The molecule has 3 rings (SSSR count). The molecule has 0 saturated heterocycles. The lowest BCUT2D eigenvalue weighted by Gasteiger charge is -2.32. The number of nitrogens with one attached hydrogen (secondary N) is 1. The van der Waals surface area contributed by atoms with E-state index in [0.717, 1.165) is 22.3 Å². The van der Waals surface area contributed by atoms with Gasteiger partial charge in [0.25, 0.3) is 0 Å². The zero-order chi connectivity index (χ0) is 23.6. The molecule has 2 amide bonds. The van der Waals surface area contributed by atoms with Crippen LogP contribution in [0.2, 0.25) is 0 Å². The summed E-state index contributed by atoms with van der Waals surface area (Å²) in [4.78, 5) is 28.7. The lowest BCUT2D eigenvalue weighted by atomic mass is 10.00. The molecule has 0 aliphatic heterocycles. The Morgan fingerprint density at radius 1 is 0.818 bits per heavy atom. The highest BCUT2D eigenvalue weighted by Gasteiger charge is 2.30. The number of aryl methyl sites for hydroxylation is 2. The molecular formula is C29H34N2O2. The summed E-state index contributed by atoms with van der Waals surface area (Å²) in [6.45, 7) is 6.34. The first-order valence-electron chi connectivity index (χ1n) is 11.7. The second-order valence-electron chi connectivity index (χ2n) is 8.80. The first-order valence-corrected chi connectivity index (χ1v) is 11.7. The summed E-state index contributed by atoms with van der Waals surface area (Å²) in [5.41, 5.74) is 4.32. The van der Waals surface area contributed by atoms with Gasteiger partial charge in [-0.25, -0.2) is 0 Å². The Hall–Kier alpha value is -3.40. The predicted octanol–water partition coefficient (Wildman–Crippen LogP) is 5.09. The molecule has 4 nitrogen and oxygen atoms in total. The third-order valence-electron chi connectivity index (χ3n) is 5.77. The van der Waals surface area contributed by atoms with Gasteiger partial charge in [0, 0.05) is 25.4 Å². The highest BCUT2D eigenvalue weighted by molar-refractivity contribution is 5.88. The second kappa shape index (κ2) is 12.0. The van der Waals surface area contributed by atoms with Crippen LogP contribution in [0.3, 0.4) is 0 Å². The molecule has 0 fully saturated rings. The zero-order valence-corrected chi connectivity index (χ0v) is 19.8. The predicted molar refractivity (Wildman–Crippen MR) is 134 cm³/mol. The van der Waals surface area contributed by atoms with Crippen molar-refractivity contribution >= 4 is 11.8 Å². The molecule has 0 saturated carbocycles. The molecule has 172 valence electrons. The van der Waals surface area contributed by atoms with Crippen molar-refractivity contribution in [3.05, 3.63) is 107 Å². The summed E-state index contributed by atoms with van der Waals surface area (Å²) in [5, 5.41) is 3.04.